The molecule has 0 unspecified atom stereocenters. The van der Waals surface area contributed by atoms with Crippen LogP contribution in [0.2, 0.25) is 0 Å². The molecular weight excluding hydrogens is 344 g/mol. The maximum atomic E-state index is 12.6. The number of fused-ring (bicyclic) bond motifs is 2. The van der Waals surface area contributed by atoms with Gasteiger partial charge in [0.25, 0.3) is 5.91 Å². The van der Waals surface area contributed by atoms with Gasteiger partial charge in [0.05, 0.1) is 23.3 Å². The third-order valence-corrected chi connectivity index (χ3v) is 4.94. The fourth-order valence-electron chi connectivity index (χ4n) is 3.58. The van der Waals surface area contributed by atoms with Gasteiger partial charge in [-0.1, -0.05) is 12.1 Å². The van der Waals surface area contributed by atoms with E-state index in [1.54, 1.807) is 4.90 Å². The van der Waals surface area contributed by atoms with Crippen LogP contribution in [0.1, 0.15) is 22.7 Å². The van der Waals surface area contributed by atoms with E-state index < -0.39 is 0 Å². The summed E-state index contributed by atoms with van der Waals surface area (Å²) in [6.07, 6.45) is 2.18. The summed E-state index contributed by atoms with van der Waals surface area (Å²) in [5.41, 5.74) is 3.82. The predicted molar refractivity (Wildman–Crippen MR) is 97.7 cm³/mol. The zero-order valence-corrected chi connectivity index (χ0v) is 14.8. The highest BCUT2D eigenvalue weighted by Crippen LogP contribution is 2.25. The Hall–Kier alpha value is -3.49. The summed E-state index contributed by atoms with van der Waals surface area (Å²) in [4.78, 5) is 23.1. The number of carbonyl (C=O) groups excluding carboxylic acids is 1. The van der Waals surface area contributed by atoms with Gasteiger partial charge >= 0.3 is 0 Å². The van der Waals surface area contributed by atoms with E-state index in [9.17, 15) is 4.79 Å². The number of carbonyl (C=O) groups is 1. The van der Waals surface area contributed by atoms with Gasteiger partial charge < -0.3 is 9.47 Å². The first kappa shape index (κ1) is 15.7. The number of aryl methyl sites for hydroxylation is 2. The number of nitrogens with zero attached hydrogens (tertiary/aromatic N) is 7. The van der Waals surface area contributed by atoms with E-state index in [1.807, 2.05) is 42.1 Å². The minimum Gasteiger partial charge on any atom is -0.330 e. The number of aromatic nitrogens is 7. The van der Waals surface area contributed by atoms with Crippen LogP contribution < -0.4 is 0 Å². The maximum absolute atomic E-state index is 12.6. The Morgan fingerprint density at radius 3 is 2.93 bits per heavy atom. The fourth-order valence-corrected chi connectivity index (χ4v) is 3.58. The lowest BCUT2D eigenvalue weighted by atomic mass is 10.3. The molecule has 0 fully saturated rings. The maximum Gasteiger partial charge on any atom is 0.291 e. The van der Waals surface area contributed by atoms with Crippen LogP contribution in [0.25, 0.3) is 22.6 Å². The number of amides is 1. The molecule has 0 saturated carbocycles. The number of aromatic amines is 1. The summed E-state index contributed by atoms with van der Waals surface area (Å²) >= 11 is 0. The van der Waals surface area contributed by atoms with Crippen molar-refractivity contribution >= 4 is 16.9 Å². The highest BCUT2D eigenvalue weighted by Gasteiger charge is 2.24. The smallest absolute Gasteiger partial charge is 0.291 e. The highest BCUT2D eigenvalue weighted by molar-refractivity contribution is 5.90. The van der Waals surface area contributed by atoms with E-state index in [-0.39, 0.29) is 11.7 Å². The topological polar surface area (TPSA) is 97.5 Å². The second-order valence-corrected chi connectivity index (χ2v) is 6.64. The van der Waals surface area contributed by atoms with Crippen molar-refractivity contribution in [2.45, 2.75) is 19.5 Å². The van der Waals surface area contributed by atoms with Crippen molar-refractivity contribution in [3.05, 3.63) is 48.2 Å². The van der Waals surface area contributed by atoms with Crippen molar-refractivity contribution in [3.63, 3.8) is 0 Å². The second kappa shape index (κ2) is 6.04. The molecule has 0 aliphatic carbocycles. The van der Waals surface area contributed by atoms with Crippen LogP contribution in [0.4, 0.5) is 0 Å². The number of hydrogen-bond donors (Lipinski definition) is 1. The summed E-state index contributed by atoms with van der Waals surface area (Å²) in [5, 5.41) is 11.2. The molecule has 27 heavy (non-hydrogen) atoms. The molecule has 1 N–H and O–H groups in total. The van der Waals surface area contributed by atoms with Gasteiger partial charge in [-0.05, 0) is 24.6 Å². The average molecular weight is 362 g/mol. The second-order valence-electron chi connectivity index (χ2n) is 6.64. The third-order valence-electron chi connectivity index (χ3n) is 4.94. The summed E-state index contributed by atoms with van der Waals surface area (Å²) < 4.78 is 4.03. The molecule has 1 aliphatic heterocycles. The summed E-state index contributed by atoms with van der Waals surface area (Å²) in [6.45, 7) is 1.90. The van der Waals surface area contributed by atoms with Gasteiger partial charge in [-0.15, -0.1) is 0 Å². The number of H-pyrrole nitrogens is 1. The van der Waals surface area contributed by atoms with Crippen LogP contribution in [-0.2, 0) is 20.1 Å². The zero-order chi connectivity index (χ0) is 18.4. The van der Waals surface area contributed by atoms with Crippen molar-refractivity contribution in [1.82, 2.24) is 39.4 Å². The monoisotopic (exact) mass is 362 g/mol. The molecule has 1 aliphatic rings. The Morgan fingerprint density at radius 2 is 2.11 bits per heavy atom. The van der Waals surface area contributed by atoms with Crippen molar-refractivity contribution in [2.75, 3.05) is 6.54 Å². The van der Waals surface area contributed by atoms with Gasteiger partial charge in [0.2, 0.25) is 5.82 Å². The molecule has 0 radical (unpaired) electrons. The normalized spacial score (nSPS) is 14.3. The lowest BCUT2D eigenvalue weighted by molar-refractivity contribution is 0.0734. The summed E-state index contributed by atoms with van der Waals surface area (Å²) in [6, 6.07) is 10.0. The quantitative estimate of drug-likeness (QED) is 0.584. The molecule has 0 saturated heterocycles. The molecule has 0 atom stereocenters. The van der Waals surface area contributed by atoms with E-state index in [1.165, 1.54) is 6.33 Å². The molecule has 9 nitrogen and oxygen atoms in total. The Balaban J connectivity index is 1.50. The average Bonchev–Trinajstić information content (AvgIpc) is 3.39. The van der Waals surface area contributed by atoms with E-state index in [4.69, 9.17) is 10.1 Å². The first-order valence-corrected chi connectivity index (χ1v) is 8.84. The lowest BCUT2D eigenvalue weighted by Gasteiger charge is -2.18. The van der Waals surface area contributed by atoms with Crippen molar-refractivity contribution in [1.29, 1.82) is 0 Å². The van der Waals surface area contributed by atoms with Gasteiger partial charge in [-0.25, -0.2) is 9.97 Å². The molecule has 0 spiro atoms. The van der Waals surface area contributed by atoms with Crippen molar-refractivity contribution in [2.24, 2.45) is 7.05 Å². The Morgan fingerprint density at radius 1 is 1.22 bits per heavy atom. The zero-order valence-electron chi connectivity index (χ0n) is 14.8. The SMILES string of the molecule is Cn1c(-c2cc3n(n2)CCCN(C(=O)c2ncn[nH]2)C3)nc2ccccc21. The lowest BCUT2D eigenvalue weighted by Crippen LogP contribution is -2.31. The Bertz CT molecular complexity index is 1120. The molecule has 9 heteroatoms. The van der Waals surface area contributed by atoms with Crippen LogP contribution in [0.15, 0.2) is 36.7 Å². The minimum atomic E-state index is -0.147. The highest BCUT2D eigenvalue weighted by atomic mass is 16.2. The van der Waals surface area contributed by atoms with Crippen LogP contribution >= 0.6 is 0 Å². The van der Waals surface area contributed by atoms with Gasteiger partial charge in [-0.2, -0.15) is 10.2 Å². The molecule has 4 aromatic rings. The number of imidazole rings is 1. The predicted octanol–water partition coefficient (Wildman–Crippen LogP) is 1.60. The third kappa shape index (κ3) is 2.59. The first-order chi connectivity index (χ1) is 13.2. The van der Waals surface area contributed by atoms with E-state index in [0.29, 0.717) is 13.1 Å². The number of nitrogens with one attached hydrogen (secondary N) is 1. The number of hydrogen-bond acceptors (Lipinski definition) is 5. The van der Waals surface area contributed by atoms with E-state index in [2.05, 4.69) is 19.7 Å². The van der Waals surface area contributed by atoms with Crippen molar-refractivity contribution < 1.29 is 4.79 Å². The van der Waals surface area contributed by atoms with Gasteiger partial charge in [0.1, 0.15) is 12.0 Å². The molecular formula is C18H18N8O. The van der Waals surface area contributed by atoms with Gasteiger partial charge in [-0.3, -0.25) is 14.6 Å². The standard InChI is InChI=1S/C18H18N8O/c1-24-15-6-3-2-5-13(15)21-17(24)14-9-12-10-25(7-4-8-26(12)23-14)18(27)16-19-11-20-22-16/h2-3,5-6,9,11H,4,7-8,10H2,1H3,(H,19,20,22). The Kier molecular flexibility index (Phi) is 3.52. The molecule has 1 aromatic carbocycles. The first-order valence-electron chi connectivity index (χ1n) is 8.84. The molecule has 4 heterocycles. The van der Waals surface area contributed by atoms with E-state index in [0.717, 1.165) is 41.2 Å². The fraction of sp³-hybridized carbons (Fsp3) is 0.278. The molecule has 5 rings (SSSR count). The molecule has 3 aromatic heterocycles. The number of benzene rings is 1. The summed E-state index contributed by atoms with van der Waals surface area (Å²) in [7, 11) is 2.00. The van der Waals surface area contributed by atoms with Crippen LogP contribution in [0, 0.1) is 0 Å². The number of rotatable bonds is 2. The van der Waals surface area contributed by atoms with Crippen LogP contribution in [0.5, 0.6) is 0 Å². The van der Waals surface area contributed by atoms with Crippen LogP contribution in [-0.4, -0.2) is 51.9 Å². The van der Waals surface area contributed by atoms with Crippen LogP contribution in [0.3, 0.4) is 0 Å². The molecule has 1 amide bonds. The van der Waals surface area contributed by atoms with Gasteiger partial charge in [0, 0.05) is 20.1 Å². The molecule has 136 valence electrons. The van der Waals surface area contributed by atoms with E-state index >= 15 is 0 Å². The summed E-state index contributed by atoms with van der Waals surface area (Å²) in [5.74, 6) is 0.940. The van der Waals surface area contributed by atoms with Gasteiger partial charge in [0.15, 0.2) is 5.82 Å². The molecule has 0 bridgehead atoms. The van der Waals surface area contributed by atoms with Crippen molar-refractivity contribution in [3.8, 4) is 11.5 Å². The largest absolute Gasteiger partial charge is 0.330 e. The minimum absolute atomic E-state index is 0.147. The number of para-hydroxylation sites is 2. The Labute approximate surface area is 154 Å².